The van der Waals surface area contributed by atoms with Crippen LogP contribution < -0.4 is 5.73 Å². The van der Waals surface area contributed by atoms with Gasteiger partial charge >= 0.3 is 6.18 Å². The topological polar surface area (TPSA) is 69.6 Å². The first kappa shape index (κ1) is 18.4. The Morgan fingerprint density at radius 1 is 1.15 bits per heavy atom. The van der Waals surface area contributed by atoms with E-state index in [0.717, 1.165) is 17.5 Å². The molecular weight excluding hydrogens is 343 g/mol. The Balaban J connectivity index is 2.07. The van der Waals surface area contributed by atoms with Crippen molar-refractivity contribution in [3.8, 4) is 5.95 Å². The molecule has 1 atom stereocenters. The fraction of sp³-hybridized carbons (Fsp3) is 0.500. The molecule has 0 radical (unpaired) electrons. The van der Waals surface area contributed by atoms with Gasteiger partial charge < -0.3 is 5.73 Å². The van der Waals surface area contributed by atoms with Crippen LogP contribution in [-0.2, 0) is 6.18 Å². The third-order valence-electron chi connectivity index (χ3n) is 4.89. The van der Waals surface area contributed by atoms with Crippen LogP contribution in [0.3, 0.4) is 0 Å². The van der Waals surface area contributed by atoms with Crippen molar-refractivity contribution in [1.82, 2.24) is 19.7 Å². The Morgan fingerprint density at radius 3 is 2.31 bits per heavy atom. The van der Waals surface area contributed by atoms with Crippen LogP contribution in [0.15, 0.2) is 24.5 Å². The van der Waals surface area contributed by atoms with E-state index in [1.807, 2.05) is 6.08 Å². The Hall–Kier alpha value is -2.38. The van der Waals surface area contributed by atoms with Crippen LogP contribution in [0.4, 0.5) is 19.0 Å². The minimum absolute atomic E-state index is 0.0192. The Bertz CT molecular complexity index is 816. The molecule has 3 rings (SSSR count). The normalized spacial score (nSPS) is 18.7. The third kappa shape index (κ3) is 3.45. The molecule has 0 aromatic carbocycles. The van der Waals surface area contributed by atoms with Crippen LogP contribution in [0.25, 0.3) is 11.5 Å². The molecule has 0 fully saturated rings. The van der Waals surface area contributed by atoms with Crippen molar-refractivity contribution in [2.24, 2.45) is 11.3 Å². The maximum Gasteiger partial charge on any atom is 0.435 e. The summed E-state index contributed by atoms with van der Waals surface area (Å²) in [7, 11) is 0. The largest absolute Gasteiger partial charge is 0.435 e. The summed E-state index contributed by atoms with van der Waals surface area (Å²) in [6.07, 6.45) is 2.22. The maximum absolute atomic E-state index is 13.6. The van der Waals surface area contributed by atoms with Crippen molar-refractivity contribution in [3.63, 3.8) is 0 Å². The van der Waals surface area contributed by atoms with E-state index in [0.29, 0.717) is 17.9 Å². The lowest BCUT2D eigenvalue weighted by molar-refractivity contribution is -0.141. The van der Waals surface area contributed by atoms with Gasteiger partial charge in [0, 0.05) is 12.4 Å². The molecule has 0 spiro atoms. The van der Waals surface area contributed by atoms with Crippen LogP contribution in [0.1, 0.15) is 51.3 Å². The molecule has 2 N–H and O–H groups in total. The molecule has 0 saturated heterocycles. The van der Waals surface area contributed by atoms with Crippen LogP contribution in [0.2, 0.25) is 0 Å². The Kier molecular flexibility index (Phi) is 4.54. The first-order valence-corrected chi connectivity index (χ1v) is 8.51. The van der Waals surface area contributed by atoms with Crippen molar-refractivity contribution in [3.05, 3.63) is 35.8 Å². The number of nitrogens with two attached hydrogens (primary N) is 1. The fourth-order valence-corrected chi connectivity index (χ4v) is 3.35. The monoisotopic (exact) mass is 365 g/mol. The van der Waals surface area contributed by atoms with Gasteiger partial charge in [-0.05, 0) is 42.2 Å². The molecule has 0 bridgehead atoms. The lowest BCUT2D eigenvalue weighted by atomic mass is 9.72. The molecule has 8 heteroatoms. The highest BCUT2D eigenvalue weighted by atomic mass is 19.4. The van der Waals surface area contributed by atoms with Crippen molar-refractivity contribution in [2.45, 2.75) is 46.2 Å². The SMILES string of the molecule is CC(C)(C)C1CC=C(c2c(C(F)(F)F)nn(-c3ncccn3)c2N)CC1. The van der Waals surface area contributed by atoms with Crippen LogP contribution >= 0.6 is 0 Å². The zero-order chi connectivity index (χ0) is 19.1. The number of hydrogen-bond acceptors (Lipinski definition) is 4. The molecule has 2 heterocycles. The maximum atomic E-state index is 13.6. The molecule has 2 aromatic heterocycles. The van der Waals surface area contributed by atoms with E-state index in [9.17, 15) is 13.2 Å². The molecule has 1 aliphatic carbocycles. The molecular formula is C18H22F3N5. The minimum atomic E-state index is -4.61. The number of allylic oxidation sites excluding steroid dienone is 2. The van der Waals surface area contributed by atoms with Gasteiger partial charge in [-0.3, -0.25) is 0 Å². The number of anilines is 1. The van der Waals surface area contributed by atoms with E-state index >= 15 is 0 Å². The molecule has 0 aliphatic heterocycles. The van der Waals surface area contributed by atoms with E-state index in [4.69, 9.17) is 5.73 Å². The lowest BCUT2D eigenvalue weighted by Gasteiger charge is -2.33. The number of hydrogen-bond donors (Lipinski definition) is 1. The average molecular weight is 365 g/mol. The number of halogens is 3. The van der Waals surface area contributed by atoms with Gasteiger partial charge in [-0.1, -0.05) is 26.8 Å². The summed E-state index contributed by atoms with van der Waals surface area (Å²) in [5.41, 5.74) is 5.74. The summed E-state index contributed by atoms with van der Waals surface area (Å²) < 4.78 is 41.7. The summed E-state index contributed by atoms with van der Waals surface area (Å²) in [5.74, 6) is 0.365. The van der Waals surface area contributed by atoms with E-state index in [1.54, 1.807) is 6.07 Å². The summed E-state index contributed by atoms with van der Waals surface area (Å²) in [6.45, 7) is 6.45. The predicted octanol–water partition coefficient (Wildman–Crippen LogP) is 4.49. The van der Waals surface area contributed by atoms with Crippen LogP contribution in [0, 0.1) is 11.3 Å². The van der Waals surface area contributed by atoms with Gasteiger partial charge in [0.25, 0.3) is 5.95 Å². The summed E-state index contributed by atoms with van der Waals surface area (Å²) >= 11 is 0. The number of nitrogens with zero attached hydrogens (tertiary/aromatic N) is 4. The first-order valence-electron chi connectivity index (χ1n) is 8.51. The standard InChI is InChI=1S/C18H22F3N5/c1-17(2,3)12-7-5-11(6-8-12)13-14(18(19,20)21)25-26(15(13)22)16-23-9-4-10-24-16/h4-5,9-10,12H,6-8,22H2,1-3H3. The highest BCUT2D eigenvalue weighted by molar-refractivity contribution is 5.77. The first-order chi connectivity index (χ1) is 12.1. The summed E-state index contributed by atoms with van der Waals surface area (Å²) in [5, 5.41) is 3.70. The van der Waals surface area contributed by atoms with Gasteiger partial charge in [0.2, 0.25) is 0 Å². The van der Waals surface area contributed by atoms with Crippen molar-refractivity contribution < 1.29 is 13.2 Å². The van der Waals surface area contributed by atoms with Gasteiger partial charge in [-0.25, -0.2) is 9.97 Å². The molecule has 5 nitrogen and oxygen atoms in total. The smallest absolute Gasteiger partial charge is 0.383 e. The number of alkyl halides is 3. The molecule has 0 saturated carbocycles. The zero-order valence-electron chi connectivity index (χ0n) is 15.0. The summed E-state index contributed by atoms with van der Waals surface area (Å²) in [6, 6.07) is 1.57. The van der Waals surface area contributed by atoms with E-state index in [1.165, 1.54) is 12.4 Å². The quantitative estimate of drug-likeness (QED) is 0.851. The van der Waals surface area contributed by atoms with Gasteiger partial charge in [-0.15, -0.1) is 0 Å². The molecule has 26 heavy (non-hydrogen) atoms. The minimum Gasteiger partial charge on any atom is -0.383 e. The van der Waals surface area contributed by atoms with Crippen LogP contribution in [-0.4, -0.2) is 19.7 Å². The Morgan fingerprint density at radius 2 is 1.81 bits per heavy atom. The Labute approximate surface area is 150 Å². The second-order valence-electron chi connectivity index (χ2n) is 7.63. The molecule has 140 valence electrons. The van der Waals surface area contributed by atoms with E-state index in [-0.39, 0.29) is 22.7 Å². The van der Waals surface area contributed by atoms with Crippen LogP contribution in [0.5, 0.6) is 0 Å². The second kappa shape index (κ2) is 6.41. The van der Waals surface area contributed by atoms with Crippen molar-refractivity contribution in [1.29, 1.82) is 0 Å². The van der Waals surface area contributed by atoms with E-state index < -0.39 is 11.9 Å². The number of aromatic nitrogens is 4. The number of nitrogen functional groups attached to an aromatic ring is 1. The zero-order valence-corrected chi connectivity index (χ0v) is 15.0. The highest BCUT2D eigenvalue weighted by Gasteiger charge is 2.41. The number of rotatable bonds is 2. The van der Waals surface area contributed by atoms with Gasteiger partial charge in [0.1, 0.15) is 5.82 Å². The van der Waals surface area contributed by atoms with Crippen molar-refractivity contribution in [2.75, 3.05) is 5.73 Å². The second-order valence-corrected chi connectivity index (χ2v) is 7.63. The average Bonchev–Trinajstić information content (AvgIpc) is 2.92. The van der Waals surface area contributed by atoms with Gasteiger partial charge in [0.05, 0.1) is 5.56 Å². The molecule has 1 aliphatic rings. The third-order valence-corrected chi connectivity index (χ3v) is 4.89. The van der Waals surface area contributed by atoms with Gasteiger partial charge in [-0.2, -0.15) is 23.0 Å². The fourth-order valence-electron chi connectivity index (χ4n) is 3.35. The molecule has 2 aromatic rings. The van der Waals surface area contributed by atoms with Crippen molar-refractivity contribution >= 4 is 11.4 Å². The molecule has 1 unspecified atom stereocenters. The van der Waals surface area contributed by atoms with Gasteiger partial charge in [0.15, 0.2) is 5.69 Å². The highest BCUT2D eigenvalue weighted by Crippen LogP contribution is 2.44. The van der Waals surface area contributed by atoms with E-state index in [2.05, 4.69) is 35.8 Å². The predicted molar refractivity (Wildman–Crippen MR) is 93.3 cm³/mol. The lowest BCUT2D eigenvalue weighted by Crippen LogP contribution is -2.22. The summed E-state index contributed by atoms with van der Waals surface area (Å²) in [4.78, 5) is 7.92. The molecule has 0 amide bonds.